The second-order valence-corrected chi connectivity index (χ2v) is 12.9. The van der Waals surface area contributed by atoms with E-state index in [1.807, 2.05) is 0 Å². The van der Waals surface area contributed by atoms with Gasteiger partial charge in [-0.2, -0.15) is 0 Å². The predicted octanol–water partition coefficient (Wildman–Crippen LogP) is 3.24. The van der Waals surface area contributed by atoms with Crippen molar-refractivity contribution in [2.24, 2.45) is 23.0 Å². The highest BCUT2D eigenvalue weighted by Crippen LogP contribution is 2.53. The summed E-state index contributed by atoms with van der Waals surface area (Å²) in [5, 5.41) is 45.7. The van der Waals surface area contributed by atoms with E-state index in [2.05, 4.69) is 20.8 Å². The summed E-state index contributed by atoms with van der Waals surface area (Å²) in [5.74, 6) is -8.24. The molecule has 0 spiro atoms. The van der Waals surface area contributed by atoms with E-state index in [9.17, 15) is 34.8 Å². The first-order valence-electron chi connectivity index (χ1n) is 13.6. The fraction of sp³-hybridized carbons (Fsp3) is 0.452. The standard InChI is InChI=1S/C31H35FN2O7/c1-30(2,3)9-8-13-6-7-15-16(10-13)24(35)20-17(22(15)32)11-14-12-18-23(34(4)5)26(37)21(29(33)40)28(39)31(18,41)27(38)19(14)25(20)36/h6-7,10,14,18,23,35-36,39,41H,8-9,11-12H2,1-5H3,(H2,33,40)/t14-,18-,23-,31-/m0/s1. The Balaban J connectivity index is 1.70. The number of ketones is 2. The van der Waals surface area contributed by atoms with Crippen LogP contribution in [0.15, 0.2) is 35.1 Å². The Morgan fingerprint density at radius 2 is 1.80 bits per heavy atom. The number of halogens is 1. The number of nitrogens with two attached hydrogens (primary N) is 1. The minimum absolute atomic E-state index is 0.0167. The Labute approximate surface area is 236 Å². The molecule has 218 valence electrons. The second kappa shape index (κ2) is 9.39. The monoisotopic (exact) mass is 566 g/mol. The number of aromatic hydroxyl groups is 1. The van der Waals surface area contributed by atoms with Crippen molar-refractivity contribution in [3.05, 3.63) is 57.6 Å². The van der Waals surface area contributed by atoms with Crippen molar-refractivity contribution in [2.45, 2.75) is 58.1 Å². The SMILES string of the molecule is CN(C)[C@@H]1C(=O)C(C(N)=O)=C(O)[C@@]2(O)C(=O)C3=C(O)c4c(c(F)c5ccc(CCC(C)(C)C)cc5c4O)C[C@H]3C[C@@H]12. The molecule has 0 saturated heterocycles. The zero-order valence-electron chi connectivity index (χ0n) is 23.7. The summed E-state index contributed by atoms with van der Waals surface area (Å²) < 4.78 is 16.0. The van der Waals surface area contributed by atoms with Gasteiger partial charge in [0.25, 0.3) is 5.91 Å². The van der Waals surface area contributed by atoms with Crippen molar-refractivity contribution >= 4 is 34.0 Å². The third-order valence-corrected chi connectivity index (χ3v) is 8.86. The molecule has 0 aromatic heterocycles. The molecule has 0 bridgehead atoms. The smallest absolute Gasteiger partial charge is 0.255 e. The highest BCUT2D eigenvalue weighted by molar-refractivity contribution is 6.24. The Hall–Kier alpha value is -3.76. The van der Waals surface area contributed by atoms with Crippen LogP contribution in [0.25, 0.3) is 16.5 Å². The molecule has 2 aromatic carbocycles. The van der Waals surface area contributed by atoms with Crippen LogP contribution in [0.3, 0.4) is 0 Å². The largest absolute Gasteiger partial charge is 0.508 e. The average Bonchev–Trinajstić information content (AvgIpc) is 2.87. The van der Waals surface area contributed by atoms with Crippen LogP contribution < -0.4 is 5.73 Å². The van der Waals surface area contributed by atoms with Crippen LogP contribution in [0, 0.1) is 23.1 Å². The van der Waals surface area contributed by atoms with Gasteiger partial charge in [0.2, 0.25) is 5.78 Å². The molecule has 3 aliphatic rings. The predicted molar refractivity (Wildman–Crippen MR) is 149 cm³/mol. The molecule has 10 heteroatoms. The van der Waals surface area contributed by atoms with E-state index in [1.165, 1.54) is 19.0 Å². The molecule has 4 atom stereocenters. The van der Waals surface area contributed by atoms with Gasteiger partial charge in [-0.25, -0.2) is 4.39 Å². The van der Waals surface area contributed by atoms with E-state index in [0.29, 0.717) is 6.42 Å². The number of amides is 1. The van der Waals surface area contributed by atoms with Crippen LogP contribution in [0.1, 0.15) is 50.3 Å². The lowest BCUT2D eigenvalue weighted by molar-refractivity contribution is -0.153. The van der Waals surface area contributed by atoms with Crippen molar-refractivity contribution in [2.75, 3.05) is 14.1 Å². The summed E-state index contributed by atoms with van der Waals surface area (Å²) in [5.41, 5.74) is 2.11. The van der Waals surface area contributed by atoms with Crippen LogP contribution in [0.2, 0.25) is 0 Å². The molecule has 0 unspecified atom stereocenters. The second-order valence-electron chi connectivity index (χ2n) is 12.9. The number of fused-ring (bicyclic) bond motifs is 4. The van der Waals surface area contributed by atoms with E-state index >= 15 is 4.39 Å². The number of rotatable bonds is 4. The van der Waals surface area contributed by atoms with E-state index in [4.69, 9.17) is 5.73 Å². The average molecular weight is 567 g/mol. The Morgan fingerprint density at radius 1 is 1.15 bits per heavy atom. The summed E-state index contributed by atoms with van der Waals surface area (Å²) in [6.45, 7) is 6.30. The lowest BCUT2D eigenvalue weighted by atomic mass is 9.57. The number of phenolic OH excluding ortho intramolecular Hbond substituents is 1. The van der Waals surface area contributed by atoms with Crippen LogP contribution in [-0.2, 0) is 27.2 Å². The zero-order chi connectivity index (χ0) is 30.3. The molecule has 41 heavy (non-hydrogen) atoms. The highest BCUT2D eigenvalue weighted by Gasteiger charge is 2.64. The van der Waals surface area contributed by atoms with Gasteiger partial charge in [-0.1, -0.05) is 32.9 Å². The molecule has 9 nitrogen and oxygen atoms in total. The number of Topliss-reactive ketones (excluding diaryl/α,β-unsaturated/α-hetero) is 2. The molecule has 1 saturated carbocycles. The number of benzene rings is 2. The molecule has 2 aromatic rings. The summed E-state index contributed by atoms with van der Waals surface area (Å²) in [4.78, 5) is 40.7. The third kappa shape index (κ3) is 4.15. The highest BCUT2D eigenvalue weighted by atomic mass is 19.1. The first-order valence-corrected chi connectivity index (χ1v) is 13.6. The fourth-order valence-electron chi connectivity index (χ4n) is 6.78. The van der Waals surface area contributed by atoms with Crippen molar-refractivity contribution < 1.29 is 39.2 Å². The lowest BCUT2D eigenvalue weighted by Crippen LogP contribution is -2.65. The van der Waals surface area contributed by atoms with Gasteiger partial charge in [-0.15, -0.1) is 0 Å². The number of carbonyl (C=O) groups excluding carboxylic acids is 3. The maximum absolute atomic E-state index is 16.0. The zero-order valence-corrected chi connectivity index (χ0v) is 23.7. The maximum atomic E-state index is 16.0. The minimum Gasteiger partial charge on any atom is -0.508 e. The van der Waals surface area contributed by atoms with E-state index in [0.717, 1.165) is 12.0 Å². The number of likely N-dealkylation sites (N-methyl/N-ethyl adjacent to an activating group) is 1. The van der Waals surface area contributed by atoms with Gasteiger partial charge < -0.3 is 26.2 Å². The van der Waals surface area contributed by atoms with Crippen molar-refractivity contribution in [1.82, 2.24) is 4.90 Å². The summed E-state index contributed by atoms with van der Waals surface area (Å²) in [6.07, 6.45) is 1.32. The van der Waals surface area contributed by atoms with Gasteiger partial charge in [0, 0.05) is 27.8 Å². The number of hydrogen-bond donors (Lipinski definition) is 5. The number of phenols is 1. The number of nitrogens with zero attached hydrogens (tertiary/aromatic N) is 1. The Kier molecular flexibility index (Phi) is 6.58. The van der Waals surface area contributed by atoms with Gasteiger partial charge in [-0.05, 0) is 62.7 Å². The molecular formula is C31H35FN2O7. The third-order valence-electron chi connectivity index (χ3n) is 8.86. The fourth-order valence-corrected chi connectivity index (χ4v) is 6.78. The van der Waals surface area contributed by atoms with E-state index < -0.39 is 69.6 Å². The number of aliphatic hydroxyl groups excluding tert-OH is 2. The number of aliphatic hydroxyl groups is 3. The molecule has 0 aliphatic heterocycles. The number of primary amides is 1. The topological polar surface area (TPSA) is 161 Å². The van der Waals surface area contributed by atoms with E-state index in [-0.39, 0.29) is 45.7 Å². The van der Waals surface area contributed by atoms with Crippen molar-refractivity contribution in [1.29, 1.82) is 0 Å². The lowest BCUT2D eigenvalue weighted by Gasteiger charge is -2.50. The summed E-state index contributed by atoms with van der Waals surface area (Å²) >= 11 is 0. The molecule has 0 radical (unpaired) electrons. The number of hydrogen-bond acceptors (Lipinski definition) is 8. The summed E-state index contributed by atoms with van der Waals surface area (Å²) in [7, 11) is 3.04. The van der Waals surface area contributed by atoms with Gasteiger partial charge in [0.05, 0.1) is 11.6 Å². The van der Waals surface area contributed by atoms with Crippen molar-refractivity contribution in [3.63, 3.8) is 0 Å². The van der Waals surface area contributed by atoms with Gasteiger partial charge in [0.1, 0.15) is 28.7 Å². The molecule has 1 fully saturated rings. The molecule has 1 amide bonds. The Bertz CT molecular complexity index is 1600. The quantitative estimate of drug-likeness (QED) is 0.353. The van der Waals surface area contributed by atoms with Crippen LogP contribution in [0.5, 0.6) is 5.75 Å². The maximum Gasteiger partial charge on any atom is 0.255 e. The van der Waals surface area contributed by atoms with Gasteiger partial charge in [-0.3, -0.25) is 19.3 Å². The van der Waals surface area contributed by atoms with Gasteiger partial charge >= 0.3 is 0 Å². The number of carbonyl (C=O) groups is 3. The van der Waals surface area contributed by atoms with Crippen LogP contribution in [-0.4, -0.2) is 68.5 Å². The number of aryl methyl sites for hydroxylation is 1. The van der Waals surface area contributed by atoms with Gasteiger partial charge in [0.15, 0.2) is 11.4 Å². The Morgan fingerprint density at radius 3 is 2.39 bits per heavy atom. The van der Waals surface area contributed by atoms with Crippen LogP contribution >= 0.6 is 0 Å². The normalized spacial score (nSPS) is 26.4. The minimum atomic E-state index is -2.74. The van der Waals surface area contributed by atoms with E-state index in [1.54, 1.807) is 18.2 Å². The molecule has 0 heterocycles. The first-order chi connectivity index (χ1) is 19.0. The summed E-state index contributed by atoms with van der Waals surface area (Å²) in [6, 6.07) is 3.87. The van der Waals surface area contributed by atoms with Crippen molar-refractivity contribution in [3.8, 4) is 5.75 Å². The molecule has 5 rings (SSSR count). The molecule has 3 aliphatic carbocycles. The first kappa shape index (κ1) is 28.8. The molecular weight excluding hydrogens is 531 g/mol. The van der Waals surface area contributed by atoms with Crippen LogP contribution in [0.4, 0.5) is 4.39 Å². The molecule has 6 N–H and O–H groups in total.